The van der Waals surface area contributed by atoms with Crippen LogP contribution < -0.4 is 9.80 Å². The minimum absolute atomic E-state index is 0.105. The van der Waals surface area contributed by atoms with Crippen molar-refractivity contribution in [2.75, 3.05) is 56.3 Å². The van der Waals surface area contributed by atoms with Gasteiger partial charge in [0.2, 0.25) is 21.1 Å². The fraction of sp³-hybridized carbons (Fsp3) is 0.846. The highest BCUT2D eigenvalue weighted by atomic mass is 32.2. The minimum Gasteiger partial charge on any atom is -0.389 e. The summed E-state index contributed by atoms with van der Waals surface area (Å²) >= 11 is 1.34. The molecule has 2 saturated heterocycles. The molecule has 1 N–H and O–H groups in total. The van der Waals surface area contributed by atoms with Gasteiger partial charge in [0, 0.05) is 57.7 Å². The van der Waals surface area contributed by atoms with Crippen molar-refractivity contribution in [2.24, 2.45) is 5.92 Å². The Morgan fingerprint density at radius 1 is 1.30 bits per heavy atom. The van der Waals surface area contributed by atoms with Gasteiger partial charge in [0.05, 0.1) is 11.9 Å². The van der Waals surface area contributed by atoms with E-state index in [4.69, 9.17) is 0 Å². The van der Waals surface area contributed by atoms with E-state index < -0.39 is 15.6 Å². The lowest BCUT2D eigenvalue weighted by atomic mass is 9.76. The van der Waals surface area contributed by atoms with E-state index in [1.165, 1.54) is 22.1 Å². The molecule has 8 nitrogen and oxygen atoms in total. The summed E-state index contributed by atoms with van der Waals surface area (Å²) in [6, 6.07) is 0. The van der Waals surface area contributed by atoms with Crippen LogP contribution in [0.2, 0.25) is 0 Å². The molecule has 2 atom stereocenters. The fourth-order valence-electron chi connectivity index (χ4n) is 3.27. The highest BCUT2D eigenvalue weighted by molar-refractivity contribution is 7.88. The van der Waals surface area contributed by atoms with Gasteiger partial charge in [-0.3, -0.25) is 0 Å². The second-order valence-corrected chi connectivity index (χ2v) is 9.35. The van der Waals surface area contributed by atoms with E-state index in [9.17, 15) is 13.5 Å². The number of nitrogens with zero attached hydrogens (tertiary/aromatic N) is 5. The topological polar surface area (TPSA) is 89.9 Å². The molecule has 0 bridgehead atoms. The predicted octanol–water partition coefficient (Wildman–Crippen LogP) is -0.173. The SMILES string of the molecule is CN(C)c1nsc(N2CCC3(O)CCN(S(C)(=O)=O)CC3C2)n1. The van der Waals surface area contributed by atoms with Crippen molar-refractivity contribution in [3.05, 3.63) is 0 Å². The maximum atomic E-state index is 11.8. The largest absolute Gasteiger partial charge is 0.389 e. The van der Waals surface area contributed by atoms with Crippen LogP contribution in [-0.4, -0.2) is 79.3 Å². The van der Waals surface area contributed by atoms with E-state index in [1.54, 1.807) is 0 Å². The average Bonchev–Trinajstić information content (AvgIpc) is 2.94. The summed E-state index contributed by atoms with van der Waals surface area (Å²) in [6.45, 7) is 2.08. The van der Waals surface area contributed by atoms with Crippen LogP contribution in [0.4, 0.5) is 11.1 Å². The number of rotatable bonds is 3. The number of sulfonamides is 1. The van der Waals surface area contributed by atoms with Crippen molar-refractivity contribution in [1.29, 1.82) is 0 Å². The molecular formula is C13H23N5O3S2. The second kappa shape index (κ2) is 5.83. The lowest BCUT2D eigenvalue weighted by Crippen LogP contribution is -2.60. The van der Waals surface area contributed by atoms with Crippen LogP contribution in [0.5, 0.6) is 0 Å². The summed E-state index contributed by atoms with van der Waals surface area (Å²) in [5.74, 6) is 0.568. The molecule has 0 aromatic carbocycles. The Kier molecular flexibility index (Phi) is 4.28. The Bertz CT molecular complexity index is 677. The zero-order valence-electron chi connectivity index (χ0n) is 13.6. The zero-order valence-corrected chi connectivity index (χ0v) is 15.3. The summed E-state index contributed by atoms with van der Waals surface area (Å²) in [5.41, 5.74) is -0.771. The summed E-state index contributed by atoms with van der Waals surface area (Å²) in [6.07, 6.45) is 2.36. The molecule has 23 heavy (non-hydrogen) atoms. The first-order valence-corrected chi connectivity index (χ1v) is 10.2. The number of aromatic nitrogens is 2. The molecule has 3 heterocycles. The molecule has 2 aliphatic rings. The zero-order chi connectivity index (χ0) is 16.8. The van der Waals surface area contributed by atoms with Crippen molar-refractivity contribution in [1.82, 2.24) is 13.7 Å². The van der Waals surface area contributed by atoms with E-state index >= 15 is 0 Å². The molecule has 2 aliphatic heterocycles. The number of piperidine rings is 2. The molecule has 130 valence electrons. The van der Waals surface area contributed by atoms with E-state index in [1.807, 2.05) is 19.0 Å². The Balaban J connectivity index is 1.76. The number of fused-ring (bicyclic) bond motifs is 1. The van der Waals surface area contributed by atoms with E-state index in [-0.39, 0.29) is 5.92 Å². The smallest absolute Gasteiger partial charge is 0.238 e. The third-order valence-corrected chi connectivity index (χ3v) is 6.81. The average molecular weight is 361 g/mol. The van der Waals surface area contributed by atoms with Crippen molar-refractivity contribution < 1.29 is 13.5 Å². The van der Waals surface area contributed by atoms with Gasteiger partial charge in [-0.1, -0.05) is 0 Å². The lowest BCUT2D eigenvalue weighted by Gasteiger charge is -2.49. The van der Waals surface area contributed by atoms with Gasteiger partial charge in [0.1, 0.15) is 0 Å². The Labute approximate surface area is 140 Å². The van der Waals surface area contributed by atoms with Gasteiger partial charge in [-0.05, 0) is 12.8 Å². The standard InChI is InChI=1S/C13H23N5O3S2/c1-16(2)11-14-12(22-15-11)17-6-4-13(19)5-7-18(23(3,20)21)9-10(13)8-17/h10,19H,4-9H2,1-3H3. The van der Waals surface area contributed by atoms with Crippen LogP contribution in [0, 0.1) is 5.92 Å². The molecule has 2 unspecified atom stereocenters. The molecule has 0 spiro atoms. The van der Waals surface area contributed by atoms with Crippen LogP contribution in [0.15, 0.2) is 0 Å². The first-order chi connectivity index (χ1) is 10.7. The van der Waals surface area contributed by atoms with E-state index in [0.717, 1.165) is 5.13 Å². The summed E-state index contributed by atoms with van der Waals surface area (Å²) in [4.78, 5) is 8.47. The van der Waals surface area contributed by atoms with Gasteiger partial charge in [-0.25, -0.2) is 12.7 Å². The fourth-order valence-corrected chi connectivity index (χ4v) is 4.91. The van der Waals surface area contributed by atoms with Crippen molar-refractivity contribution in [3.8, 4) is 0 Å². The van der Waals surface area contributed by atoms with E-state index in [0.29, 0.717) is 45.0 Å². The van der Waals surface area contributed by atoms with Gasteiger partial charge >= 0.3 is 0 Å². The van der Waals surface area contributed by atoms with E-state index in [2.05, 4.69) is 14.3 Å². The molecule has 0 aliphatic carbocycles. The first kappa shape index (κ1) is 16.9. The van der Waals surface area contributed by atoms with Crippen LogP contribution in [0.1, 0.15) is 12.8 Å². The molecule has 0 radical (unpaired) electrons. The quantitative estimate of drug-likeness (QED) is 0.799. The number of anilines is 2. The third-order valence-electron chi connectivity index (χ3n) is 4.78. The number of hydrogen-bond acceptors (Lipinski definition) is 8. The van der Waals surface area contributed by atoms with Crippen molar-refractivity contribution in [2.45, 2.75) is 18.4 Å². The summed E-state index contributed by atoms with van der Waals surface area (Å²) < 4.78 is 29.4. The minimum atomic E-state index is -3.22. The molecule has 1 aromatic rings. The molecular weight excluding hydrogens is 338 g/mol. The van der Waals surface area contributed by atoms with Gasteiger partial charge in [-0.2, -0.15) is 9.36 Å². The molecule has 3 rings (SSSR count). The van der Waals surface area contributed by atoms with Gasteiger partial charge in [0.25, 0.3) is 0 Å². The Morgan fingerprint density at radius 2 is 2.00 bits per heavy atom. The van der Waals surface area contributed by atoms with Crippen molar-refractivity contribution >= 4 is 32.6 Å². The van der Waals surface area contributed by atoms with Crippen LogP contribution >= 0.6 is 11.5 Å². The first-order valence-electron chi connectivity index (χ1n) is 7.62. The highest BCUT2D eigenvalue weighted by Crippen LogP contribution is 2.38. The van der Waals surface area contributed by atoms with Gasteiger partial charge < -0.3 is 14.9 Å². The van der Waals surface area contributed by atoms with Gasteiger partial charge in [0.15, 0.2) is 0 Å². The molecule has 0 amide bonds. The molecule has 1 aromatic heterocycles. The molecule has 2 fully saturated rings. The highest BCUT2D eigenvalue weighted by Gasteiger charge is 2.47. The monoisotopic (exact) mass is 361 g/mol. The van der Waals surface area contributed by atoms with Crippen LogP contribution in [0.3, 0.4) is 0 Å². The predicted molar refractivity (Wildman–Crippen MR) is 90.5 cm³/mol. The number of hydrogen-bond donors (Lipinski definition) is 1. The van der Waals surface area contributed by atoms with Crippen molar-refractivity contribution in [3.63, 3.8) is 0 Å². The van der Waals surface area contributed by atoms with Crippen LogP contribution in [-0.2, 0) is 10.0 Å². The maximum absolute atomic E-state index is 11.8. The maximum Gasteiger partial charge on any atom is 0.238 e. The lowest BCUT2D eigenvalue weighted by molar-refractivity contribution is -0.0687. The number of aliphatic hydroxyl groups is 1. The second-order valence-electron chi connectivity index (χ2n) is 6.64. The summed E-state index contributed by atoms with van der Waals surface area (Å²) in [5, 5.41) is 11.7. The van der Waals surface area contributed by atoms with Gasteiger partial charge in [-0.15, -0.1) is 0 Å². The molecule has 0 saturated carbocycles. The van der Waals surface area contributed by atoms with Crippen LogP contribution in [0.25, 0.3) is 0 Å². The summed E-state index contributed by atoms with van der Waals surface area (Å²) in [7, 11) is 0.569. The molecule has 10 heteroatoms. The third kappa shape index (κ3) is 3.30. The normalized spacial score (nSPS) is 29.4. The Hall–Kier alpha value is -0.970. The Morgan fingerprint density at radius 3 is 2.61 bits per heavy atom.